The van der Waals surface area contributed by atoms with Gasteiger partial charge in [-0.15, -0.1) is 0 Å². The number of halogens is 1. The van der Waals surface area contributed by atoms with Crippen LogP contribution in [-0.4, -0.2) is 42.2 Å². The molecule has 2 rings (SSSR count). The maximum atomic E-state index is 10.7. The maximum absolute atomic E-state index is 10.7. The molecular formula is C18H26BrNO3. The molecule has 0 bridgehead atoms. The van der Waals surface area contributed by atoms with Crippen molar-refractivity contribution >= 4 is 21.9 Å². The predicted molar refractivity (Wildman–Crippen MR) is 95.0 cm³/mol. The quantitative estimate of drug-likeness (QED) is 0.773. The molecule has 4 nitrogen and oxygen atoms in total. The van der Waals surface area contributed by atoms with E-state index in [0.29, 0.717) is 11.8 Å². The monoisotopic (exact) mass is 383 g/mol. The summed E-state index contributed by atoms with van der Waals surface area (Å²) in [5.74, 6) is 1.50. The fraction of sp³-hybridized carbons (Fsp3) is 0.611. The van der Waals surface area contributed by atoms with Gasteiger partial charge in [-0.25, -0.2) is 0 Å². The highest BCUT2D eigenvalue weighted by Crippen LogP contribution is 2.29. The number of benzene rings is 1. The Bertz CT molecular complexity index is 527. The van der Waals surface area contributed by atoms with Gasteiger partial charge in [-0.1, -0.05) is 28.9 Å². The van der Waals surface area contributed by atoms with E-state index < -0.39 is 5.97 Å². The number of ether oxygens (including phenoxy) is 1. The summed E-state index contributed by atoms with van der Waals surface area (Å²) in [4.78, 5) is 12.8. The Morgan fingerprint density at radius 2 is 2.13 bits per heavy atom. The number of hydrogen-bond donors (Lipinski definition) is 1. The van der Waals surface area contributed by atoms with Crippen molar-refractivity contribution in [2.45, 2.75) is 33.1 Å². The summed E-state index contributed by atoms with van der Waals surface area (Å²) in [5.41, 5.74) is 1.14. The predicted octanol–water partition coefficient (Wildman–Crippen LogP) is 3.96. The van der Waals surface area contributed by atoms with E-state index in [1.54, 1.807) is 0 Å². The summed E-state index contributed by atoms with van der Waals surface area (Å²) in [5, 5.41) is 8.85. The van der Waals surface area contributed by atoms with Crippen molar-refractivity contribution < 1.29 is 14.6 Å². The molecular weight excluding hydrogens is 358 g/mol. The summed E-state index contributed by atoms with van der Waals surface area (Å²) in [6.45, 7) is 7.04. The Kier molecular flexibility index (Phi) is 6.90. The number of likely N-dealkylation sites (tertiary alicyclic amines) is 1. The lowest BCUT2D eigenvalue weighted by Gasteiger charge is -2.34. The van der Waals surface area contributed by atoms with Crippen molar-refractivity contribution in [3.05, 3.63) is 28.2 Å². The van der Waals surface area contributed by atoms with Crippen LogP contribution in [0.4, 0.5) is 0 Å². The molecule has 0 aromatic heterocycles. The summed E-state index contributed by atoms with van der Waals surface area (Å²) in [6.07, 6.45) is 3.21. The number of carboxylic acid groups (broad SMARTS) is 1. The average molecular weight is 384 g/mol. The molecule has 1 atom stereocenters. The third-order valence-electron chi connectivity index (χ3n) is 4.84. The number of aliphatic carboxylic acids is 1. The third-order valence-corrected chi connectivity index (χ3v) is 5.70. The van der Waals surface area contributed by atoms with Gasteiger partial charge in [-0.3, -0.25) is 9.69 Å². The van der Waals surface area contributed by atoms with Crippen molar-refractivity contribution in [2.24, 2.45) is 11.8 Å². The maximum Gasteiger partial charge on any atom is 0.317 e. The van der Waals surface area contributed by atoms with E-state index in [0.717, 1.165) is 54.7 Å². The van der Waals surface area contributed by atoms with Gasteiger partial charge in [0.05, 0.1) is 13.2 Å². The molecule has 1 fully saturated rings. The van der Waals surface area contributed by atoms with E-state index in [1.165, 1.54) is 0 Å². The first-order valence-electron chi connectivity index (χ1n) is 8.29. The second-order valence-corrected chi connectivity index (χ2v) is 7.34. The number of carboxylic acids is 1. The van der Waals surface area contributed by atoms with Gasteiger partial charge >= 0.3 is 5.97 Å². The molecule has 1 saturated heterocycles. The first-order valence-corrected chi connectivity index (χ1v) is 9.08. The molecule has 0 amide bonds. The minimum atomic E-state index is -0.728. The number of piperidine rings is 1. The Hall–Kier alpha value is -1.07. The van der Waals surface area contributed by atoms with Crippen LogP contribution in [0.15, 0.2) is 22.7 Å². The zero-order valence-electron chi connectivity index (χ0n) is 13.9. The van der Waals surface area contributed by atoms with Gasteiger partial charge in [-0.2, -0.15) is 0 Å². The molecule has 1 aliphatic rings. The minimum absolute atomic E-state index is 0.173. The van der Waals surface area contributed by atoms with Crippen LogP contribution in [-0.2, 0) is 4.79 Å². The molecule has 5 heteroatoms. The summed E-state index contributed by atoms with van der Waals surface area (Å²) >= 11 is 3.53. The lowest BCUT2D eigenvalue weighted by Crippen LogP contribution is -2.38. The van der Waals surface area contributed by atoms with Crippen LogP contribution in [0, 0.1) is 18.8 Å². The molecule has 1 aliphatic heterocycles. The average Bonchev–Trinajstić information content (AvgIpc) is 2.51. The molecule has 1 aromatic rings. The van der Waals surface area contributed by atoms with E-state index >= 15 is 0 Å². The lowest BCUT2D eigenvalue weighted by molar-refractivity contribution is -0.138. The van der Waals surface area contributed by atoms with Gasteiger partial charge in [-0.05, 0) is 63.2 Å². The fourth-order valence-corrected chi connectivity index (χ4v) is 3.55. The van der Waals surface area contributed by atoms with E-state index in [-0.39, 0.29) is 6.54 Å². The van der Waals surface area contributed by atoms with Gasteiger partial charge in [0.25, 0.3) is 0 Å². The van der Waals surface area contributed by atoms with Crippen molar-refractivity contribution in [3.63, 3.8) is 0 Å². The van der Waals surface area contributed by atoms with E-state index in [9.17, 15) is 4.79 Å². The number of nitrogens with zero attached hydrogens (tertiary/aromatic N) is 1. The molecule has 1 aromatic carbocycles. The number of rotatable bonds is 7. The van der Waals surface area contributed by atoms with Gasteiger partial charge < -0.3 is 9.84 Å². The second-order valence-electron chi connectivity index (χ2n) is 6.48. The molecule has 1 unspecified atom stereocenters. The van der Waals surface area contributed by atoms with Crippen LogP contribution < -0.4 is 4.74 Å². The second kappa shape index (κ2) is 8.69. The van der Waals surface area contributed by atoms with Crippen molar-refractivity contribution in [2.75, 3.05) is 26.2 Å². The Morgan fingerprint density at radius 3 is 2.78 bits per heavy atom. The van der Waals surface area contributed by atoms with Crippen LogP contribution in [0.5, 0.6) is 5.75 Å². The first-order chi connectivity index (χ1) is 11.0. The van der Waals surface area contributed by atoms with Gasteiger partial charge in [0.1, 0.15) is 5.75 Å². The van der Waals surface area contributed by atoms with Crippen molar-refractivity contribution in [3.8, 4) is 5.75 Å². The van der Waals surface area contributed by atoms with Crippen LogP contribution in [0.2, 0.25) is 0 Å². The third kappa shape index (κ3) is 5.50. The standard InChI is InChI=1S/C18H26BrNO3/c1-13(15-6-9-20(10-7-15)12-18(21)22)8-11-23-17-5-3-4-16(19)14(17)2/h3-5,13,15H,6-12H2,1-2H3,(H,21,22). The zero-order valence-corrected chi connectivity index (χ0v) is 15.5. The minimum Gasteiger partial charge on any atom is -0.493 e. The van der Waals surface area contributed by atoms with E-state index in [2.05, 4.69) is 29.8 Å². The smallest absolute Gasteiger partial charge is 0.317 e. The molecule has 0 radical (unpaired) electrons. The van der Waals surface area contributed by atoms with E-state index in [1.807, 2.05) is 23.1 Å². The van der Waals surface area contributed by atoms with Crippen molar-refractivity contribution in [1.29, 1.82) is 0 Å². The highest BCUT2D eigenvalue weighted by molar-refractivity contribution is 9.10. The molecule has 0 aliphatic carbocycles. The lowest BCUT2D eigenvalue weighted by atomic mass is 9.84. The van der Waals surface area contributed by atoms with Crippen LogP contribution >= 0.6 is 15.9 Å². The van der Waals surface area contributed by atoms with Gasteiger partial charge in [0, 0.05) is 10.0 Å². The molecule has 128 valence electrons. The summed E-state index contributed by atoms with van der Waals surface area (Å²) in [7, 11) is 0. The fourth-order valence-electron chi connectivity index (χ4n) is 3.21. The summed E-state index contributed by atoms with van der Waals surface area (Å²) < 4.78 is 7.01. The van der Waals surface area contributed by atoms with Crippen LogP contribution in [0.25, 0.3) is 0 Å². The Labute approximate surface area is 147 Å². The SMILES string of the molecule is Cc1c(Br)cccc1OCCC(C)C1CCN(CC(=O)O)CC1. The van der Waals surface area contributed by atoms with Crippen molar-refractivity contribution in [1.82, 2.24) is 4.90 Å². The Balaban J connectivity index is 1.72. The van der Waals surface area contributed by atoms with Crippen LogP contribution in [0.1, 0.15) is 31.7 Å². The Morgan fingerprint density at radius 1 is 1.43 bits per heavy atom. The van der Waals surface area contributed by atoms with Gasteiger partial charge in [0.2, 0.25) is 0 Å². The first kappa shape index (κ1) is 18.3. The molecule has 0 saturated carbocycles. The van der Waals surface area contributed by atoms with Crippen LogP contribution in [0.3, 0.4) is 0 Å². The van der Waals surface area contributed by atoms with Gasteiger partial charge in [0.15, 0.2) is 0 Å². The number of carbonyl (C=O) groups is 1. The highest BCUT2D eigenvalue weighted by Gasteiger charge is 2.24. The molecule has 1 N–H and O–H groups in total. The molecule has 1 heterocycles. The molecule has 0 spiro atoms. The normalized spacial score (nSPS) is 17.9. The summed E-state index contributed by atoms with van der Waals surface area (Å²) in [6, 6.07) is 6.03. The zero-order chi connectivity index (χ0) is 16.8. The highest BCUT2D eigenvalue weighted by atomic mass is 79.9. The topological polar surface area (TPSA) is 49.8 Å². The van der Waals surface area contributed by atoms with E-state index in [4.69, 9.17) is 9.84 Å². The molecule has 23 heavy (non-hydrogen) atoms. The number of hydrogen-bond acceptors (Lipinski definition) is 3. The largest absolute Gasteiger partial charge is 0.493 e.